The highest BCUT2D eigenvalue weighted by Gasteiger charge is 2.30. The third-order valence-electron chi connectivity index (χ3n) is 6.02. The number of benzene rings is 2. The molecule has 1 saturated carbocycles. The zero-order valence-electron chi connectivity index (χ0n) is 17.2. The second-order valence-corrected chi connectivity index (χ2v) is 8.17. The van der Waals surface area contributed by atoms with Gasteiger partial charge in [0.25, 0.3) is 0 Å². The normalized spacial score (nSPS) is 19.4. The predicted molar refractivity (Wildman–Crippen MR) is 115 cm³/mol. The molecular formula is C26H32O2. The highest BCUT2D eigenvalue weighted by atomic mass is 16.1. The molecule has 0 aromatic heterocycles. The molecule has 0 atom stereocenters. The van der Waals surface area contributed by atoms with E-state index >= 15 is 0 Å². The Morgan fingerprint density at radius 1 is 0.643 bits per heavy atom. The molecule has 2 nitrogen and oxygen atoms in total. The molecule has 0 saturated heterocycles. The summed E-state index contributed by atoms with van der Waals surface area (Å²) in [6.45, 7) is 4.33. The lowest BCUT2D eigenvalue weighted by Crippen LogP contribution is -2.26. The van der Waals surface area contributed by atoms with Gasteiger partial charge in [-0.1, -0.05) is 75.2 Å². The Labute approximate surface area is 169 Å². The van der Waals surface area contributed by atoms with Crippen LogP contribution >= 0.6 is 0 Å². The van der Waals surface area contributed by atoms with Gasteiger partial charge in [-0.05, 0) is 49.7 Å². The topological polar surface area (TPSA) is 34.1 Å². The molecule has 0 N–H and O–H groups in total. The highest BCUT2D eigenvalue weighted by Crippen LogP contribution is 2.33. The van der Waals surface area contributed by atoms with Crippen LogP contribution in [0.3, 0.4) is 0 Å². The Hall–Kier alpha value is -2.22. The molecular weight excluding hydrogens is 344 g/mol. The van der Waals surface area contributed by atoms with Crippen molar-refractivity contribution >= 4 is 11.6 Å². The standard InChI is InChI=1S/C26H32O2/c1-3-5-19-7-11-21(12-8-19)25(27)23-15-17-24(18-16-23)26(28)22-13-9-20(6-4-2)10-14-22/h7-14,23-24H,3-6,15-18H2,1-2H3/t23-,24-. The van der Waals surface area contributed by atoms with Crippen molar-refractivity contribution in [2.75, 3.05) is 0 Å². The molecule has 0 radical (unpaired) electrons. The largest absolute Gasteiger partial charge is 0.294 e. The highest BCUT2D eigenvalue weighted by molar-refractivity contribution is 5.99. The van der Waals surface area contributed by atoms with Crippen molar-refractivity contribution in [2.24, 2.45) is 11.8 Å². The minimum absolute atomic E-state index is 0.0630. The molecule has 0 amide bonds. The number of carbonyl (C=O) groups is 2. The molecule has 1 aliphatic carbocycles. The second kappa shape index (κ2) is 9.82. The van der Waals surface area contributed by atoms with E-state index in [1.54, 1.807) is 0 Å². The van der Waals surface area contributed by atoms with Gasteiger partial charge in [0, 0.05) is 23.0 Å². The van der Waals surface area contributed by atoms with Crippen LogP contribution in [-0.2, 0) is 12.8 Å². The van der Waals surface area contributed by atoms with Gasteiger partial charge in [-0.3, -0.25) is 9.59 Å². The zero-order valence-corrected chi connectivity index (χ0v) is 17.2. The van der Waals surface area contributed by atoms with Crippen molar-refractivity contribution in [3.05, 3.63) is 70.8 Å². The molecule has 0 bridgehead atoms. The maximum atomic E-state index is 12.8. The van der Waals surface area contributed by atoms with Crippen LogP contribution in [0, 0.1) is 11.8 Å². The van der Waals surface area contributed by atoms with Crippen LogP contribution in [0.25, 0.3) is 0 Å². The summed E-state index contributed by atoms with van der Waals surface area (Å²) < 4.78 is 0. The van der Waals surface area contributed by atoms with E-state index in [4.69, 9.17) is 0 Å². The average molecular weight is 377 g/mol. The first-order valence-electron chi connectivity index (χ1n) is 10.9. The summed E-state index contributed by atoms with van der Waals surface area (Å²) in [6, 6.07) is 16.2. The molecule has 148 valence electrons. The van der Waals surface area contributed by atoms with E-state index in [1.165, 1.54) is 11.1 Å². The summed E-state index contributed by atoms with van der Waals surface area (Å²) in [4.78, 5) is 25.7. The Morgan fingerprint density at radius 2 is 0.964 bits per heavy atom. The number of carbonyl (C=O) groups excluding carboxylic acids is 2. The SMILES string of the molecule is CCCc1ccc(C(=O)[C@H]2CC[C@H](C(=O)c3ccc(CCC)cc3)CC2)cc1. The Balaban J connectivity index is 1.55. The minimum atomic E-state index is 0.0630. The molecule has 28 heavy (non-hydrogen) atoms. The van der Waals surface area contributed by atoms with Gasteiger partial charge in [0.1, 0.15) is 0 Å². The number of hydrogen-bond donors (Lipinski definition) is 0. The predicted octanol–water partition coefficient (Wildman–Crippen LogP) is 6.46. The molecule has 2 aromatic carbocycles. The van der Waals surface area contributed by atoms with Crippen LogP contribution in [0.5, 0.6) is 0 Å². The summed E-state index contributed by atoms with van der Waals surface area (Å²) >= 11 is 0. The molecule has 3 rings (SSSR count). The second-order valence-electron chi connectivity index (χ2n) is 8.17. The molecule has 0 aliphatic heterocycles. The van der Waals surface area contributed by atoms with Gasteiger partial charge in [0.05, 0.1) is 0 Å². The van der Waals surface area contributed by atoms with Gasteiger partial charge < -0.3 is 0 Å². The van der Waals surface area contributed by atoms with Crippen molar-refractivity contribution in [1.29, 1.82) is 0 Å². The van der Waals surface area contributed by atoms with E-state index in [0.717, 1.165) is 62.5 Å². The fourth-order valence-corrected chi connectivity index (χ4v) is 4.34. The van der Waals surface area contributed by atoms with E-state index < -0.39 is 0 Å². The summed E-state index contributed by atoms with van der Waals surface area (Å²) in [6.07, 6.45) is 7.63. The first kappa shape index (κ1) is 20.5. The molecule has 0 heterocycles. The smallest absolute Gasteiger partial charge is 0.165 e. The Morgan fingerprint density at radius 3 is 1.25 bits per heavy atom. The van der Waals surface area contributed by atoms with Crippen molar-refractivity contribution in [2.45, 2.75) is 65.2 Å². The molecule has 1 fully saturated rings. The third-order valence-corrected chi connectivity index (χ3v) is 6.02. The molecule has 0 unspecified atom stereocenters. The first-order chi connectivity index (χ1) is 13.6. The van der Waals surface area contributed by atoms with Crippen molar-refractivity contribution in [1.82, 2.24) is 0 Å². The van der Waals surface area contributed by atoms with Gasteiger partial charge in [-0.15, -0.1) is 0 Å². The number of rotatable bonds is 8. The number of Topliss-reactive ketones (excluding diaryl/α,β-unsaturated/α-hetero) is 2. The Bertz CT molecular complexity index is 709. The lowest BCUT2D eigenvalue weighted by molar-refractivity contribution is 0.0797. The molecule has 2 heteroatoms. The van der Waals surface area contributed by atoms with Crippen molar-refractivity contribution in [3.63, 3.8) is 0 Å². The number of ketones is 2. The van der Waals surface area contributed by atoms with E-state index in [2.05, 4.69) is 38.1 Å². The molecule has 2 aromatic rings. The van der Waals surface area contributed by atoms with Crippen LogP contribution in [0.2, 0.25) is 0 Å². The van der Waals surface area contributed by atoms with Crippen LogP contribution in [0.1, 0.15) is 84.2 Å². The summed E-state index contributed by atoms with van der Waals surface area (Å²) in [5.74, 6) is 0.622. The fraction of sp³-hybridized carbons (Fsp3) is 0.462. The van der Waals surface area contributed by atoms with Crippen LogP contribution < -0.4 is 0 Å². The maximum absolute atomic E-state index is 12.8. The van der Waals surface area contributed by atoms with Crippen molar-refractivity contribution in [3.8, 4) is 0 Å². The van der Waals surface area contributed by atoms with Crippen LogP contribution in [0.15, 0.2) is 48.5 Å². The third kappa shape index (κ3) is 4.98. The average Bonchev–Trinajstić information content (AvgIpc) is 2.74. The quantitative estimate of drug-likeness (QED) is 0.495. The Kier molecular flexibility index (Phi) is 7.19. The molecule has 1 aliphatic rings. The van der Waals surface area contributed by atoms with Gasteiger partial charge in [0.15, 0.2) is 11.6 Å². The lowest BCUT2D eigenvalue weighted by Gasteiger charge is -2.27. The van der Waals surface area contributed by atoms with E-state index in [-0.39, 0.29) is 23.4 Å². The van der Waals surface area contributed by atoms with E-state index in [9.17, 15) is 9.59 Å². The van der Waals surface area contributed by atoms with Crippen LogP contribution in [0.4, 0.5) is 0 Å². The van der Waals surface area contributed by atoms with Crippen LogP contribution in [-0.4, -0.2) is 11.6 Å². The number of aryl methyl sites for hydroxylation is 2. The van der Waals surface area contributed by atoms with Gasteiger partial charge >= 0.3 is 0 Å². The fourth-order valence-electron chi connectivity index (χ4n) is 4.34. The minimum Gasteiger partial charge on any atom is -0.294 e. The lowest BCUT2D eigenvalue weighted by atomic mass is 9.76. The summed E-state index contributed by atoms with van der Waals surface area (Å²) in [5, 5.41) is 0. The maximum Gasteiger partial charge on any atom is 0.165 e. The summed E-state index contributed by atoms with van der Waals surface area (Å²) in [5.41, 5.74) is 4.22. The molecule has 0 spiro atoms. The zero-order chi connectivity index (χ0) is 19.9. The van der Waals surface area contributed by atoms with Gasteiger partial charge in [-0.25, -0.2) is 0 Å². The monoisotopic (exact) mass is 376 g/mol. The van der Waals surface area contributed by atoms with Gasteiger partial charge in [0.2, 0.25) is 0 Å². The number of hydrogen-bond acceptors (Lipinski definition) is 2. The van der Waals surface area contributed by atoms with Gasteiger partial charge in [-0.2, -0.15) is 0 Å². The van der Waals surface area contributed by atoms with Crippen molar-refractivity contribution < 1.29 is 9.59 Å². The first-order valence-corrected chi connectivity index (χ1v) is 10.9. The van der Waals surface area contributed by atoms with E-state index in [0.29, 0.717) is 0 Å². The van der Waals surface area contributed by atoms with E-state index in [1.807, 2.05) is 24.3 Å². The summed E-state index contributed by atoms with van der Waals surface area (Å²) in [7, 11) is 0.